The number of hydrogen-bond donors (Lipinski definition) is 1. The van der Waals surface area contributed by atoms with Gasteiger partial charge in [-0.3, -0.25) is 9.48 Å². The van der Waals surface area contributed by atoms with Crippen LogP contribution in [0.5, 0.6) is 0 Å². The first-order valence-corrected chi connectivity index (χ1v) is 8.65. The Morgan fingerprint density at radius 2 is 2.20 bits per heavy atom. The van der Waals surface area contributed by atoms with Gasteiger partial charge in [0.2, 0.25) is 5.88 Å². The number of nitriles is 1. The minimum Gasteiger partial charge on any atom is -0.444 e. The minimum atomic E-state index is -0.495. The number of ether oxygens (including phenoxy) is 1. The first kappa shape index (κ1) is 17.3. The zero-order chi connectivity index (χ0) is 18.4. The van der Waals surface area contributed by atoms with Gasteiger partial charge in [0.15, 0.2) is 5.78 Å². The summed E-state index contributed by atoms with van der Waals surface area (Å²) in [5.41, 5.74) is 8.43. The Bertz CT molecular complexity index is 836. The second-order valence-corrected chi connectivity index (χ2v) is 7.64. The topological polar surface area (TPSA) is 93.9 Å². The molecule has 0 radical (unpaired) electrons. The molecule has 1 aliphatic carbocycles. The van der Waals surface area contributed by atoms with E-state index in [-0.39, 0.29) is 17.1 Å². The average molecular weight is 340 g/mol. The lowest BCUT2D eigenvalue weighted by atomic mass is 9.71. The third-order valence-electron chi connectivity index (χ3n) is 4.74. The molecule has 0 bridgehead atoms. The molecule has 0 amide bonds. The van der Waals surface area contributed by atoms with E-state index in [2.05, 4.69) is 18.1 Å². The number of rotatable bonds is 3. The fourth-order valence-corrected chi connectivity index (χ4v) is 3.77. The Balaban J connectivity index is 2.20. The SMILES string of the molecule is CCCn1nc(C)cc1[C@H]1C(C#N)=C(N)OC2=C1C(=O)CC(C)(C)C2. The second kappa shape index (κ2) is 6.07. The van der Waals surface area contributed by atoms with Gasteiger partial charge >= 0.3 is 0 Å². The number of carbonyl (C=O) groups excluding carboxylic acids is 1. The van der Waals surface area contributed by atoms with E-state index in [1.807, 2.05) is 31.5 Å². The van der Waals surface area contributed by atoms with Crippen LogP contribution in [-0.2, 0) is 16.1 Å². The first-order chi connectivity index (χ1) is 11.8. The van der Waals surface area contributed by atoms with Crippen LogP contribution >= 0.6 is 0 Å². The maximum atomic E-state index is 12.9. The summed E-state index contributed by atoms with van der Waals surface area (Å²) in [6.45, 7) is 8.78. The lowest BCUT2D eigenvalue weighted by Gasteiger charge is -2.37. The Morgan fingerprint density at radius 3 is 2.84 bits per heavy atom. The van der Waals surface area contributed by atoms with Crippen molar-refractivity contribution in [2.24, 2.45) is 11.1 Å². The number of nitrogens with two attached hydrogens (primary N) is 1. The molecule has 1 aliphatic heterocycles. The molecule has 0 spiro atoms. The largest absolute Gasteiger partial charge is 0.444 e. The van der Waals surface area contributed by atoms with Crippen LogP contribution in [0.15, 0.2) is 28.9 Å². The molecule has 2 heterocycles. The summed E-state index contributed by atoms with van der Waals surface area (Å²) in [4.78, 5) is 12.9. The molecule has 0 unspecified atom stereocenters. The number of nitrogens with zero attached hydrogens (tertiary/aromatic N) is 3. The summed E-state index contributed by atoms with van der Waals surface area (Å²) in [5.74, 6) is 0.229. The highest BCUT2D eigenvalue weighted by Gasteiger charge is 2.44. The number of allylic oxidation sites excluding steroid dienone is 3. The molecule has 2 N–H and O–H groups in total. The molecule has 25 heavy (non-hydrogen) atoms. The summed E-state index contributed by atoms with van der Waals surface area (Å²) in [6.07, 6.45) is 1.97. The smallest absolute Gasteiger partial charge is 0.205 e. The molecule has 1 atom stereocenters. The number of Topliss-reactive ketones (excluding diaryl/α,β-unsaturated/α-hetero) is 1. The number of aromatic nitrogens is 2. The standard InChI is InChI=1S/C19H24N4O2/c1-5-6-23-13(7-11(2)22-23)16-12(10-20)18(21)25-15-9-19(3,4)8-14(24)17(15)16/h7,16H,5-6,8-9,21H2,1-4H3/t16-/m1/s1. The van der Waals surface area contributed by atoms with Crippen LogP contribution in [0.25, 0.3) is 0 Å². The van der Waals surface area contributed by atoms with E-state index < -0.39 is 5.92 Å². The quantitative estimate of drug-likeness (QED) is 0.912. The van der Waals surface area contributed by atoms with Gasteiger partial charge in [-0.15, -0.1) is 0 Å². The highest BCUT2D eigenvalue weighted by Crippen LogP contribution is 2.47. The Hall–Kier alpha value is -2.55. The van der Waals surface area contributed by atoms with Crippen molar-refractivity contribution in [1.82, 2.24) is 9.78 Å². The molecular weight excluding hydrogens is 316 g/mol. The van der Waals surface area contributed by atoms with Crippen LogP contribution in [0.1, 0.15) is 57.3 Å². The van der Waals surface area contributed by atoms with Gasteiger partial charge in [0.1, 0.15) is 17.4 Å². The van der Waals surface area contributed by atoms with Gasteiger partial charge in [-0.05, 0) is 24.8 Å². The Morgan fingerprint density at radius 1 is 1.48 bits per heavy atom. The summed E-state index contributed by atoms with van der Waals surface area (Å²) < 4.78 is 7.60. The molecule has 0 saturated carbocycles. The molecule has 0 fully saturated rings. The minimum absolute atomic E-state index is 0.0263. The van der Waals surface area contributed by atoms with E-state index in [0.29, 0.717) is 29.7 Å². The van der Waals surface area contributed by atoms with Crippen LogP contribution in [0.4, 0.5) is 0 Å². The Labute approximate surface area is 147 Å². The van der Waals surface area contributed by atoms with E-state index >= 15 is 0 Å². The number of carbonyl (C=O) groups is 1. The fraction of sp³-hybridized carbons (Fsp3) is 0.526. The summed E-state index contributed by atoms with van der Waals surface area (Å²) in [7, 11) is 0. The zero-order valence-electron chi connectivity index (χ0n) is 15.2. The highest BCUT2D eigenvalue weighted by molar-refractivity contribution is 5.99. The third-order valence-corrected chi connectivity index (χ3v) is 4.74. The van der Waals surface area contributed by atoms with Gasteiger partial charge in [-0.2, -0.15) is 10.4 Å². The molecule has 6 heteroatoms. The van der Waals surface area contributed by atoms with Gasteiger partial charge < -0.3 is 10.5 Å². The van der Waals surface area contributed by atoms with Crippen molar-refractivity contribution in [3.05, 3.63) is 40.2 Å². The van der Waals surface area contributed by atoms with Crippen LogP contribution in [0, 0.1) is 23.7 Å². The molecule has 2 aliphatic rings. The van der Waals surface area contributed by atoms with Crippen molar-refractivity contribution in [1.29, 1.82) is 5.26 Å². The lowest BCUT2D eigenvalue weighted by Crippen LogP contribution is -2.34. The molecule has 3 rings (SSSR count). The molecule has 1 aromatic rings. The van der Waals surface area contributed by atoms with Crippen LogP contribution in [0.2, 0.25) is 0 Å². The van der Waals surface area contributed by atoms with Gasteiger partial charge in [0, 0.05) is 25.0 Å². The van der Waals surface area contributed by atoms with E-state index in [9.17, 15) is 10.1 Å². The lowest BCUT2D eigenvalue weighted by molar-refractivity contribution is -0.119. The first-order valence-electron chi connectivity index (χ1n) is 8.65. The van der Waals surface area contributed by atoms with Crippen molar-refractivity contribution >= 4 is 5.78 Å². The maximum Gasteiger partial charge on any atom is 0.205 e. The van der Waals surface area contributed by atoms with E-state index in [0.717, 1.165) is 24.4 Å². The number of aryl methyl sites for hydroxylation is 2. The van der Waals surface area contributed by atoms with Crippen molar-refractivity contribution in [3.8, 4) is 6.07 Å². The van der Waals surface area contributed by atoms with Crippen LogP contribution in [-0.4, -0.2) is 15.6 Å². The summed E-state index contributed by atoms with van der Waals surface area (Å²) >= 11 is 0. The second-order valence-electron chi connectivity index (χ2n) is 7.64. The van der Waals surface area contributed by atoms with E-state index in [4.69, 9.17) is 10.5 Å². The third kappa shape index (κ3) is 2.95. The van der Waals surface area contributed by atoms with Gasteiger partial charge in [-0.1, -0.05) is 20.8 Å². The van der Waals surface area contributed by atoms with E-state index in [1.54, 1.807) is 0 Å². The molecular formula is C19H24N4O2. The molecule has 132 valence electrons. The van der Waals surface area contributed by atoms with Crippen molar-refractivity contribution in [2.75, 3.05) is 0 Å². The summed E-state index contributed by atoms with van der Waals surface area (Å²) in [6, 6.07) is 4.10. The van der Waals surface area contributed by atoms with Gasteiger partial charge in [-0.25, -0.2) is 0 Å². The van der Waals surface area contributed by atoms with Crippen molar-refractivity contribution in [2.45, 2.75) is 59.4 Å². The zero-order valence-corrected chi connectivity index (χ0v) is 15.2. The maximum absolute atomic E-state index is 12.9. The van der Waals surface area contributed by atoms with Crippen molar-refractivity contribution in [3.63, 3.8) is 0 Å². The van der Waals surface area contributed by atoms with Gasteiger partial charge in [0.25, 0.3) is 0 Å². The summed E-state index contributed by atoms with van der Waals surface area (Å²) in [5, 5.41) is 14.2. The van der Waals surface area contributed by atoms with Crippen molar-refractivity contribution < 1.29 is 9.53 Å². The molecule has 1 aromatic heterocycles. The monoisotopic (exact) mass is 340 g/mol. The van der Waals surface area contributed by atoms with Crippen LogP contribution in [0.3, 0.4) is 0 Å². The van der Waals surface area contributed by atoms with Gasteiger partial charge in [0.05, 0.1) is 17.3 Å². The molecule has 0 aromatic carbocycles. The molecule has 0 saturated heterocycles. The van der Waals surface area contributed by atoms with Crippen LogP contribution < -0.4 is 5.73 Å². The average Bonchev–Trinajstić information content (AvgIpc) is 2.85. The molecule has 6 nitrogen and oxygen atoms in total. The predicted octanol–water partition coefficient (Wildman–Crippen LogP) is 3.05. The normalized spacial score (nSPS) is 22.5. The number of ketones is 1. The Kier molecular flexibility index (Phi) is 4.19. The van der Waals surface area contributed by atoms with E-state index in [1.165, 1.54) is 0 Å². The fourth-order valence-electron chi connectivity index (χ4n) is 3.77. The number of hydrogen-bond acceptors (Lipinski definition) is 5. The predicted molar refractivity (Wildman–Crippen MR) is 93.0 cm³/mol. The highest BCUT2D eigenvalue weighted by atomic mass is 16.5.